The van der Waals surface area contributed by atoms with Gasteiger partial charge < -0.3 is 14.7 Å². The number of hydrogen-bond acceptors (Lipinski definition) is 6. The molecule has 0 saturated carbocycles. The number of aromatic nitrogens is 1. The van der Waals surface area contributed by atoms with E-state index >= 15 is 0 Å². The molecule has 2 heterocycles. The molecule has 1 saturated heterocycles. The van der Waals surface area contributed by atoms with Gasteiger partial charge in [0.2, 0.25) is 10.0 Å². The zero-order valence-corrected chi connectivity index (χ0v) is 17.2. The molecule has 2 N–H and O–H groups in total. The van der Waals surface area contributed by atoms with Gasteiger partial charge in [0.05, 0.1) is 19.5 Å². The summed E-state index contributed by atoms with van der Waals surface area (Å²) in [6.07, 6.45) is -1.74. The maximum Gasteiger partial charge on any atom is 0.490 e. The van der Waals surface area contributed by atoms with Gasteiger partial charge in [0.15, 0.2) is 0 Å². The first kappa shape index (κ1) is 25.8. The van der Waals surface area contributed by atoms with Crippen LogP contribution in [0.4, 0.5) is 13.2 Å². The molecular formula is C17H24F3N3O6S. The number of alkyl halides is 3. The lowest BCUT2D eigenvalue weighted by Gasteiger charge is -2.31. The number of nitrogens with zero attached hydrogens (tertiary/aromatic N) is 2. The highest BCUT2D eigenvalue weighted by molar-refractivity contribution is 7.88. The molecule has 1 aromatic rings. The third kappa shape index (κ3) is 9.05. The largest absolute Gasteiger partial charge is 0.490 e. The fourth-order valence-corrected chi connectivity index (χ4v) is 3.16. The third-order valence-corrected chi connectivity index (χ3v) is 4.98. The maximum atomic E-state index is 12.6. The molecule has 30 heavy (non-hydrogen) atoms. The number of carbonyl (C=O) groups is 2. The fraction of sp³-hybridized carbons (Fsp3) is 0.588. The highest BCUT2D eigenvalue weighted by Gasteiger charge is 2.38. The SMILES string of the molecule is C[C@H]1[C@H](CCNS(C)(=O)=O)COCCN1C(=O)c1ccccn1.O=C(O)C(F)(F)F. The van der Waals surface area contributed by atoms with Crippen LogP contribution in [-0.4, -0.2) is 80.1 Å². The molecule has 1 aliphatic rings. The van der Waals surface area contributed by atoms with E-state index in [1.165, 1.54) is 0 Å². The Morgan fingerprint density at radius 2 is 2.00 bits per heavy atom. The van der Waals surface area contributed by atoms with Crippen molar-refractivity contribution in [3.63, 3.8) is 0 Å². The number of carboxylic acid groups (broad SMARTS) is 1. The molecule has 0 unspecified atom stereocenters. The van der Waals surface area contributed by atoms with Crippen LogP contribution in [0, 0.1) is 5.92 Å². The summed E-state index contributed by atoms with van der Waals surface area (Å²) < 4.78 is 62.1. The van der Waals surface area contributed by atoms with Crippen molar-refractivity contribution in [1.82, 2.24) is 14.6 Å². The van der Waals surface area contributed by atoms with Crippen LogP contribution in [0.2, 0.25) is 0 Å². The van der Waals surface area contributed by atoms with Crippen LogP contribution in [0.1, 0.15) is 23.8 Å². The zero-order valence-electron chi connectivity index (χ0n) is 16.4. The number of halogens is 3. The Bertz CT molecular complexity index is 805. The first-order chi connectivity index (χ1) is 13.8. The van der Waals surface area contributed by atoms with E-state index in [1.54, 1.807) is 29.3 Å². The predicted molar refractivity (Wildman–Crippen MR) is 100 cm³/mol. The average molecular weight is 455 g/mol. The molecule has 0 aromatic carbocycles. The van der Waals surface area contributed by atoms with Gasteiger partial charge >= 0.3 is 12.1 Å². The Morgan fingerprint density at radius 1 is 1.37 bits per heavy atom. The molecular weight excluding hydrogens is 431 g/mol. The number of rotatable bonds is 5. The van der Waals surface area contributed by atoms with Gasteiger partial charge in [-0.15, -0.1) is 0 Å². The molecule has 0 spiro atoms. The summed E-state index contributed by atoms with van der Waals surface area (Å²) >= 11 is 0. The van der Waals surface area contributed by atoms with Crippen molar-refractivity contribution in [1.29, 1.82) is 0 Å². The van der Waals surface area contributed by atoms with Crippen LogP contribution in [0.5, 0.6) is 0 Å². The van der Waals surface area contributed by atoms with Crippen LogP contribution in [0.3, 0.4) is 0 Å². The molecule has 0 bridgehead atoms. The standard InChI is InChI=1S/C15H23N3O4S.C2HF3O2/c1-12-13(6-8-17-23(2,20)21)11-22-10-9-18(12)15(19)14-5-3-4-7-16-14;3-2(4,5)1(6)7/h3-5,7,12-13,17H,6,8-11H2,1-2H3;(H,6,7)/t12-,13+;/m0./s1. The molecule has 2 rings (SSSR count). The van der Waals surface area contributed by atoms with E-state index in [0.29, 0.717) is 38.4 Å². The van der Waals surface area contributed by atoms with Gasteiger partial charge in [0.25, 0.3) is 5.91 Å². The van der Waals surface area contributed by atoms with Gasteiger partial charge in [-0.2, -0.15) is 13.2 Å². The van der Waals surface area contributed by atoms with Gasteiger partial charge in [-0.3, -0.25) is 9.78 Å². The third-order valence-electron chi connectivity index (χ3n) is 4.25. The lowest BCUT2D eigenvalue weighted by atomic mass is 9.97. The molecule has 13 heteroatoms. The van der Waals surface area contributed by atoms with E-state index in [0.717, 1.165) is 6.26 Å². The smallest absolute Gasteiger partial charge is 0.475 e. The highest BCUT2D eigenvalue weighted by Crippen LogP contribution is 2.20. The van der Waals surface area contributed by atoms with Gasteiger partial charge in [0.1, 0.15) is 5.69 Å². The van der Waals surface area contributed by atoms with Gasteiger partial charge in [0, 0.05) is 31.2 Å². The van der Waals surface area contributed by atoms with Crippen molar-refractivity contribution < 1.29 is 41.0 Å². The maximum absolute atomic E-state index is 12.6. The Hall–Kier alpha value is -2.25. The minimum Gasteiger partial charge on any atom is -0.475 e. The molecule has 1 amide bonds. The Balaban J connectivity index is 0.000000553. The second-order valence-electron chi connectivity index (χ2n) is 6.55. The molecule has 0 radical (unpaired) electrons. The Morgan fingerprint density at radius 3 is 2.50 bits per heavy atom. The van der Waals surface area contributed by atoms with Crippen molar-refractivity contribution in [2.45, 2.75) is 25.6 Å². The van der Waals surface area contributed by atoms with E-state index in [9.17, 15) is 26.4 Å². The number of amides is 1. The van der Waals surface area contributed by atoms with Gasteiger partial charge in [-0.25, -0.2) is 17.9 Å². The first-order valence-electron chi connectivity index (χ1n) is 8.87. The predicted octanol–water partition coefficient (Wildman–Crippen LogP) is 1.13. The van der Waals surface area contributed by atoms with E-state index in [2.05, 4.69) is 9.71 Å². The first-order valence-corrected chi connectivity index (χ1v) is 10.8. The average Bonchev–Trinajstić information content (AvgIpc) is 2.82. The van der Waals surface area contributed by atoms with Gasteiger partial charge in [-0.1, -0.05) is 6.07 Å². The zero-order chi connectivity index (χ0) is 22.9. The van der Waals surface area contributed by atoms with E-state index in [4.69, 9.17) is 14.6 Å². The second-order valence-corrected chi connectivity index (χ2v) is 8.38. The minimum absolute atomic E-state index is 0.0478. The van der Waals surface area contributed by atoms with Crippen LogP contribution in [0.25, 0.3) is 0 Å². The number of hydrogen-bond donors (Lipinski definition) is 2. The lowest BCUT2D eigenvalue weighted by molar-refractivity contribution is -0.192. The summed E-state index contributed by atoms with van der Waals surface area (Å²) in [6.45, 7) is 3.80. The molecule has 9 nitrogen and oxygen atoms in total. The van der Waals surface area contributed by atoms with E-state index in [1.807, 2.05) is 6.92 Å². The summed E-state index contributed by atoms with van der Waals surface area (Å²) in [4.78, 5) is 27.4. The van der Waals surface area contributed by atoms with Crippen LogP contribution < -0.4 is 4.72 Å². The van der Waals surface area contributed by atoms with Crippen LogP contribution in [-0.2, 0) is 19.6 Å². The monoisotopic (exact) mass is 455 g/mol. The van der Waals surface area contributed by atoms with Crippen LogP contribution >= 0.6 is 0 Å². The quantitative estimate of drug-likeness (QED) is 0.682. The van der Waals surface area contributed by atoms with Crippen molar-refractivity contribution in [3.8, 4) is 0 Å². The number of sulfonamides is 1. The number of nitrogens with one attached hydrogen (secondary N) is 1. The fourth-order valence-electron chi connectivity index (χ4n) is 2.67. The second kappa shape index (κ2) is 11.2. The Labute approximate surface area is 172 Å². The minimum atomic E-state index is -5.08. The van der Waals surface area contributed by atoms with E-state index in [-0.39, 0.29) is 17.9 Å². The topological polar surface area (TPSA) is 126 Å². The molecule has 2 atom stereocenters. The number of carbonyl (C=O) groups excluding carboxylic acids is 1. The molecule has 170 valence electrons. The summed E-state index contributed by atoms with van der Waals surface area (Å²) in [5.74, 6) is -2.81. The van der Waals surface area contributed by atoms with Crippen molar-refractivity contribution >= 4 is 21.9 Å². The number of pyridine rings is 1. The summed E-state index contributed by atoms with van der Waals surface area (Å²) in [7, 11) is -3.21. The Kier molecular flexibility index (Phi) is 9.65. The summed E-state index contributed by atoms with van der Waals surface area (Å²) in [6, 6.07) is 5.20. The highest BCUT2D eigenvalue weighted by atomic mass is 32.2. The molecule has 1 aromatic heterocycles. The van der Waals surface area contributed by atoms with Crippen molar-refractivity contribution in [2.75, 3.05) is 32.6 Å². The normalized spacial score (nSPS) is 20.0. The van der Waals surface area contributed by atoms with E-state index < -0.39 is 22.2 Å². The van der Waals surface area contributed by atoms with Crippen molar-refractivity contribution in [3.05, 3.63) is 30.1 Å². The summed E-state index contributed by atoms with van der Waals surface area (Å²) in [5, 5.41) is 7.12. The number of aliphatic carboxylic acids is 1. The lowest BCUT2D eigenvalue weighted by Crippen LogP contribution is -2.44. The summed E-state index contributed by atoms with van der Waals surface area (Å²) in [5.41, 5.74) is 0.411. The molecule has 1 aliphatic heterocycles. The molecule has 0 aliphatic carbocycles. The van der Waals surface area contributed by atoms with Gasteiger partial charge in [-0.05, 0) is 25.5 Å². The number of ether oxygens (including phenoxy) is 1. The molecule has 1 fully saturated rings. The van der Waals surface area contributed by atoms with Crippen LogP contribution in [0.15, 0.2) is 24.4 Å². The number of carboxylic acids is 1. The van der Waals surface area contributed by atoms with Crippen molar-refractivity contribution in [2.24, 2.45) is 5.92 Å².